The van der Waals surface area contributed by atoms with E-state index in [1.165, 1.54) is 6.07 Å². The van der Waals surface area contributed by atoms with E-state index in [9.17, 15) is 13.6 Å². The lowest BCUT2D eigenvalue weighted by molar-refractivity contribution is 0.0526. The van der Waals surface area contributed by atoms with Crippen LogP contribution in [0.2, 0.25) is 0 Å². The van der Waals surface area contributed by atoms with Gasteiger partial charge in [-0.15, -0.1) is 0 Å². The molecule has 0 saturated heterocycles. The second kappa shape index (κ2) is 8.43. The molecule has 2 aromatic carbocycles. The number of carbonyl (C=O) groups excluding carboxylic acids is 1. The number of esters is 1. The maximum absolute atomic E-state index is 13.8. The summed E-state index contributed by atoms with van der Waals surface area (Å²) in [6.45, 7) is 3.78. The summed E-state index contributed by atoms with van der Waals surface area (Å²) in [4.78, 5) is 20.1. The lowest BCUT2D eigenvalue weighted by Gasteiger charge is -2.11. The molecule has 1 aromatic heterocycles. The van der Waals surface area contributed by atoms with Crippen LogP contribution in [0, 0.1) is 18.6 Å². The number of benzene rings is 2. The highest BCUT2D eigenvalue weighted by Crippen LogP contribution is 2.23. The highest BCUT2D eigenvalue weighted by Gasteiger charge is 2.11. The Bertz CT molecular complexity index is 974. The predicted molar refractivity (Wildman–Crippen MR) is 102 cm³/mol. The van der Waals surface area contributed by atoms with Crippen molar-refractivity contribution in [3.05, 3.63) is 71.4 Å². The number of carbonyl (C=O) groups is 1. The van der Waals surface area contributed by atoms with Crippen LogP contribution in [0.15, 0.2) is 48.5 Å². The average Bonchev–Trinajstić information content (AvgIpc) is 2.65. The van der Waals surface area contributed by atoms with E-state index in [1.807, 2.05) is 0 Å². The first-order valence-corrected chi connectivity index (χ1v) is 8.57. The summed E-state index contributed by atoms with van der Waals surface area (Å²) in [5.41, 5.74) is 1.38. The molecular formula is C20H18F2N4O2. The summed E-state index contributed by atoms with van der Waals surface area (Å²) >= 11 is 0. The molecule has 0 unspecified atom stereocenters. The Balaban J connectivity index is 1.79. The molecule has 28 heavy (non-hydrogen) atoms. The molecule has 0 radical (unpaired) electrons. The van der Waals surface area contributed by atoms with Gasteiger partial charge in [0.1, 0.15) is 23.1 Å². The lowest BCUT2D eigenvalue weighted by Crippen LogP contribution is -2.06. The SMILES string of the molecule is CCOC(=O)c1ccc(Nc2cc(C)nc(Nc3c(F)cccc3F)n2)cc1. The molecule has 3 aromatic rings. The molecule has 0 atom stereocenters. The molecule has 8 heteroatoms. The molecule has 6 nitrogen and oxygen atoms in total. The summed E-state index contributed by atoms with van der Waals surface area (Å²) < 4.78 is 32.6. The van der Waals surface area contributed by atoms with Gasteiger partial charge in [0.05, 0.1) is 12.2 Å². The van der Waals surface area contributed by atoms with Gasteiger partial charge in [-0.3, -0.25) is 0 Å². The van der Waals surface area contributed by atoms with Gasteiger partial charge in [-0.05, 0) is 50.2 Å². The topological polar surface area (TPSA) is 76.1 Å². The minimum absolute atomic E-state index is 0.0506. The number of hydrogen-bond acceptors (Lipinski definition) is 6. The van der Waals surface area contributed by atoms with Crippen molar-refractivity contribution in [2.45, 2.75) is 13.8 Å². The molecule has 144 valence electrons. The molecule has 0 bridgehead atoms. The molecule has 0 spiro atoms. The van der Waals surface area contributed by atoms with E-state index in [-0.39, 0.29) is 11.6 Å². The van der Waals surface area contributed by atoms with Crippen LogP contribution in [0.5, 0.6) is 0 Å². The first-order valence-electron chi connectivity index (χ1n) is 8.57. The van der Waals surface area contributed by atoms with Gasteiger partial charge < -0.3 is 15.4 Å². The Morgan fingerprint density at radius 1 is 1.04 bits per heavy atom. The van der Waals surface area contributed by atoms with Crippen LogP contribution in [0.1, 0.15) is 23.0 Å². The van der Waals surface area contributed by atoms with Crippen molar-refractivity contribution in [1.29, 1.82) is 0 Å². The largest absolute Gasteiger partial charge is 0.462 e. The van der Waals surface area contributed by atoms with E-state index in [4.69, 9.17) is 4.74 Å². The Hall–Kier alpha value is -3.55. The predicted octanol–water partition coefficient (Wildman–Crippen LogP) is 4.73. The summed E-state index contributed by atoms with van der Waals surface area (Å²) in [6.07, 6.45) is 0. The van der Waals surface area contributed by atoms with Crippen molar-refractivity contribution in [3.63, 3.8) is 0 Å². The van der Waals surface area contributed by atoms with Crippen LogP contribution in [0.4, 0.5) is 31.9 Å². The number of nitrogens with one attached hydrogen (secondary N) is 2. The number of anilines is 4. The fourth-order valence-electron chi connectivity index (χ4n) is 2.47. The summed E-state index contributed by atoms with van der Waals surface area (Å²) in [5, 5.41) is 5.64. The van der Waals surface area contributed by atoms with Crippen molar-refractivity contribution in [1.82, 2.24) is 9.97 Å². The Kier molecular flexibility index (Phi) is 5.78. The van der Waals surface area contributed by atoms with Crippen molar-refractivity contribution in [3.8, 4) is 0 Å². The smallest absolute Gasteiger partial charge is 0.338 e. The Morgan fingerprint density at radius 2 is 1.71 bits per heavy atom. The van der Waals surface area contributed by atoms with Crippen LogP contribution in [0.25, 0.3) is 0 Å². The third kappa shape index (κ3) is 4.59. The molecule has 0 saturated carbocycles. The van der Waals surface area contributed by atoms with Gasteiger partial charge in [-0.2, -0.15) is 4.98 Å². The standard InChI is InChI=1S/C20H18F2N4O2/c1-3-28-19(27)13-7-9-14(10-8-13)24-17-11-12(2)23-20(25-17)26-18-15(21)5-4-6-16(18)22/h4-11H,3H2,1-2H3,(H2,23,24,25,26). The first kappa shape index (κ1) is 19.2. The molecule has 2 N–H and O–H groups in total. The number of para-hydroxylation sites is 1. The fraction of sp³-hybridized carbons (Fsp3) is 0.150. The number of aromatic nitrogens is 2. The van der Waals surface area contributed by atoms with Crippen LogP contribution in [-0.4, -0.2) is 22.5 Å². The molecule has 0 amide bonds. The monoisotopic (exact) mass is 384 g/mol. The minimum atomic E-state index is -0.742. The second-order valence-corrected chi connectivity index (χ2v) is 5.86. The number of aryl methyl sites for hydroxylation is 1. The molecular weight excluding hydrogens is 366 g/mol. The van der Waals surface area contributed by atoms with E-state index >= 15 is 0 Å². The lowest BCUT2D eigenvalue weighted by atomic mass is 10.2. The zero-order chi connectivity index (χ0) is 20.1. The number of ether oxygens (including phenoxy) is 1. The molecule has 1 heterocycles. The van der Waals surface area contributed by atoms with Gasteiger partial charge in [-0.25, -0.2) is 18.6 Å². The number of nitrogens with zero attached hydrogens (tertiary/aromatic N) is 2. The van der Waals surface area contributed by atoms with Crippen molar-refractivity contribution in [2.75, 3.05) is 17.2 Å². The Labute approximate surface area is 160 Å². The van der Waals surface area contributed by atoms with Crippen LogP contribution < -0.4 is 10.6 Å². The summed E-state index contributed by atoms with van der Waals surface area (Å²) in [7, 11) is 0. The molecule has 0 fully saturated rings. The molecule has 3 rings (SSSR count). The normalized spacial score (nSPS) is 10.4. The fourth-order valence-corrected chi connectivity index (χ4v) is 2.47. The molecule has 0 aliphatic carbocycles. The van der Waals surface area contributed by atoms with Gasteiger partial charge in [0.25, 0.3) is 0 Å². The van der Waals surface area contributed by atoms with E-state index in [0.717, 1.165) is 12.1 Å². The van der Waals surface area contributed by atoms with Gasteiger partial charge in [0.2, 0.25) is 5.95 Å². The van der Waals surface area contributed by atoms with Crippen molar-refractivity contribution in [2.24, 2.45) is 0 Å². The second-order valence-electron chi connectivity index (χ2n) is 5.86. The highest BCUT2D eigenvalue weighted by molar-refractivity contribution is 5.89. The van der Waals surface area contributed by atoms with Gasteiger partial charge in [-0.1, -0.05) is 6.07 Å². The molecule has 0 aliphatic heterocycles. The van der Waals surface area contributed by atoms with Crippen LogP contribution in [0.3, 0.4) is 0 Å². The maximum Gasteiger partial charge on any atom is 0.338 e. The molecule has 0 aliphatic rings. The van der Waals surface area contributed by atoms with Crippen LogP contribution >= 0.6 is 0 Å². The van der Waals surface area contributed by atoms with Crippen molar-refractivity contribution < 1.29 is 18.3 Å². The van der Waals surface area contributed by atoms with E-state index < -0.39 is 17.6 Å². The van der Waals surface area contributed by atoms with E-state index in [0.29, 0.717) is 29.4 Å². The third-order valence-electron chi connectivity index (χ3n) is 3.72. The minimum Gasteiger partial charge on any atom is -0.462 e. The maximum atomic E-state index is 13.8. The quantitative estimate of drug-likeness (QED) is 0.599. The first-order chi connectivity index (χ1) is 13.5. The number of rotatable bonds is 6. The zero-order valence-electron chi connectivity index (χ0n) is 15.3. The van der Waals surface area contributed by atoms with Crippen LogP contribution in [-0.2, 0) is 4.74 Å². The number of halogens is 2. The van der Waals surface area contributed by atoms with Gasteiger partial charge in [0, 0.05) is 17.4 Å². The van der Waals surface area contributed by atoms with E-state index in [1.54, 1.807) is 44.2 Å². The van der Waals surface area contributed by atoms with Gasteiger partial charge >= 0.3 is 5.97 Å². The van der Waals surface area contributed by atoms with Gasteiger partial charge in [0.15, 0.2) is 0 Å². The summed E-state index contributed by atoms with van der Waals surface area (Å²) in [5.74, 6) is -1.40. The van der Waals surface area contributed by atoms with Crippen molar-refractivity contribution >= 4 is 29.1 Å². The number of hydrogen-bond donors (Lipinski definition) is 2. The average molecular weight is 384 g/mol. The Morgan fingerprint density at radius 3 is 2.36 bits per heavy atom. The zero-order valence-corrected chi connectivity index (χ0v) is 15.3. The highest BCUT2D eigenvalue weighted by atomic mass is 19.1. The summed E-state index contributed by atoms with van der Waals surface area (Å²) in [6, 6.07) is 11.9. The third-order valence-corrected chi connectivity index (χ3v) is 3.72. The van der Waals surface area contributed by atoms with E-state index in [2.05, 4.69) is 20.6 Å².